The summed E-state index contributed by atoms with van der Waals surface area (Å²) < 4.78 is 33.2. The fraction of sp³-hybridized carbons (Fsp3) is 0.333. The number of nitrogens with one attached hydrogen (secondary N) is 2. The lowest BCUT2D eigenvalue weighted by molar-refractivity contribution is -0.138. The lowest BCUT2D eigenvalue weighted by atomic mass is 9.77. The van der Waals surface area contributed by atoms with Crippen LogP contribution in [0, 0.1) is 5.92 Å². The third-order valence-corrected chi connectivity index (χ3v) is 6.42. The van der Waals surface area contributed by atoms with Crippen molar-refractivity contribution >= 4 is 39.4 Å². The summed E-state index contributed by atoms with van der Waals surface area (Å²) in [5, 5.41) is 21.9. The van der Waals surface area contributed by atoms with Crippen molar-refractivity contribution in [3.63, 3.8) is 0 Å². The van der Waals surface area contributed by atoms with E-state index in [-0.39, 0.29) is 35.7 Å². The Bertz CT molecular complexity index is 1330. The van der Waals surface area contributed by atoms with E-state index in [4.69, 9.17) is 13.7 Å². The van der Waals surface area contributed by atoms with Crippen molar-refractivity contribution in [1.29, 1.82) is 0 Å². The molecule has 1 amide bonds. The zero-order valence-electron chi connectivity index (χ0n) is 19.5. The summed E-state index contributed by atoms with van der Waals surface area (Å²) in [7, 11) is -3.74. The van der Waals surface area contributed by atoms with Gasteiger partial charge in [-0.1, -0.05) is 29.4 Å². The lowest BCUT2D eigenvalue weighted by Crippen LogP contribution is -2.16. The monoisotopic (exact) mass is 514 g/mol. The van der Waals surface area contributed by atoms with Crippen molar-refractivity contribution in [3.8, 4) is 5.75 Å². The van der Waals surface area contributed by atoms with Crippen LogP contribution in [0.4, 0.5) is 17.4 Å². The van der Waals surface area contributed by atoms with E-state index in [0.29, 0.717) is 11.6 Å². The molecule has 0 bridgehead atoms. The first-order valence-corrected chi connectivity index (χ1v) is 13.2. The molecule has 0 unspecified atom stereocenters. The molecular weight excluding hydrogens is 488 g/mol. The average molecular weight is 515 g/mol. The highest BCUT2D eigenvalue weighted by molar-refractivity contribution is 7.86. The smallest absolute Gasteiger partial charge is 0.320 e. The van der Waals surface area contributed by atoms with Gasteiger partial charge in [0.05, 0.1) is 11.9 Å². The van der Waals surface area contributed by atoms with Gasteiger partial charge in [0.15, 0.2) is 5.75 Å². The molecule has 2 aromatic carbocycles. The van der Waals surface area contributed by atoms with Crippen LogP contribution in [-0.4, -0.2) is 41.9 Å². The molecule has 0 saturated heterocycles. The number of amides is 1. The summed E-state index contributed by atoms with van der Waals surface area (Å²) in [5.74, 6) is -0.961. The van der Waals surface area contributed by atoms with Crippen molar-refractivity contribution in [3.05, 3.63) is 60.0 Å². The highest BCUT2D eigenvalue weighted by atomic mass is 32.2. The third kappa shape index (κ3) is 6.81. The molecule has 0 atom stereocenters. The topological polar surface area (TPSA) is 161 Å². The van der Waals surface area contributed by atoms with E-state index in [1.165, 1.54) is 6.07 Å². The molecule has 12 heteroatoms. The predicted octanol–water partition coefficient (Wildman–Crippen LogP) is 4.15. The van der Waals surface area contributed by atoms with Crippen molar-refractivity contribution < 1.29 is 31.7 Å². The maximum absolute atomic E-state index is 12.6. The van der Waals surface area contributed by atoms with Gasteiger partial charge in [-0.2, -0.15) is 8.42 Å². The van der Waals surface area contributed by atoms with E-state index in [1.807, 2.05) is 12.1 Å². The molecule has 1 aliphatic rings. The highest BCUT2D eigenvalue weighted by Crippen LogP contribution is 2.37. The van der Waals surface area contributed by atoms with Crippen LogP contribution >= 0.6 is 0 Å². The Morgan fingerprint density at radius 1 is 1.06 bits per heavy atom. The molecule has 0 spiro atoms. The SMILES string of the molecule is CS(=O)(=O)Oc1ccccc1Nc1nnc(C(=O)Nc2ccc(C3CCC(CC(=O)O)CC3)cc2)o1. The molecule has 1 aromatic heterocycles. The van der Waals surface area contributed by atoms with Crippen LogP contribution in [0.2, 0.25) is 0 Å². The minimum absolute atomic E-state index is 0.0414. The summed E-state index contributed by atoms with van der Waals surface area (Å²) in [6, 6.07) is 13.7. The summed E-state index contributed by atoms with van der Waals surface area (Å²) in [6.07, 6.45) is 4.84. The molecule has 0 radical (unpaired) electrons. The fourth-order valence-electron chi connectivity index (χ4n) is 4.26. The second kappa shape index (κ2) is 10.8. The van der Waals surface area contributed by atoms with Gasteiger partial charge in [0.1, 0.15) is 0 Å². The molecule has 190 valence electrons. The number of carboxylic acid groups (broad SMARTS) is 1. The normalized spacial score (nSPS) is 17.8. The average Bonchev–Trinajstić information content (AvgIpc) is 3.29. The zero-order valence-corrected chi connectivity index (χ0v) is 20.3. The van der Waals surface area contributed by atoms with Gasteiger partial charge >= 0.3 is 33.9 Å². The number of hydrogen-bond donors (Lipinski definition) is 3. The Morgan fingerprint density at radius 3 is 2.42 bits per heavy atom. The number of benzene rings is 2. The molecular formula is C24H26N4O7S. The quantitative estimate of drug-likeness (QED) is 0.354. The molecule has 4 rings (SSSR count). The van der Waals surface area contributed by atoms with Gasteiger partial charge in [0.25, 0.3) is 0 Å². The Labute approximate surface area is 208 Å². The zero-order chi connectivity index (χ0) is 25.7. The first-order valence-electron chi connectivity index (χ1n) is 11.4. The fourth-order valence-corrected chi connectivity index (χ4v) is 4.73. The number of nitrogens with zero attached hydrogens (tertiary/aromatic N) is 2. The Kier molecular flexibility index (Phi) is 7.53. The maximum Gasteiger partial charge on any atom is 0.320 e. The van der Waals surface area contributed by atoms with E-state index < -0.39 is 22.0 Å². The number of para-hydroxylation sites is 2. The second-order valence-electron chi connectivity index (χ2n) is 8.71. The molecule has 1 heterocycles. The minimum atomic E-state index is -3.74. The number of carbonyl (C=O) groups is 2. The van der Waals surface area contributed by atoms with E-state index in [2.05, 4.69) is 20.8 Å². The number of carbonyl (C=O) groups excluding carboxylic acids is 1. The number of aromatic nitrogens is 2. The number of carboxylic acids is 1. The van der Waals surface area contributed by atoms with Crippen LogP contribution in [0.25, 0.3) is 0 Å². The highest BCUT2D eigenvalue weighted by Gasteiger charge is 2.24. The number of hydrogen-bond acceptors (Lipinski definition) is 9. The Morgan fingerprint density at radius 2 is 1.75 bits per heavy atom. The minimum Gasteiger partial charge on any atom is -0.481 e. The molecule has 1 saturated carbocycles. The largest absolute Gasteiger partial charge is 0.481 e. The van der Waals surface area contributed by atoms with Crippen molar-refractivity contribution in [1.82, 2.24) is 10.2 Å². The van der Waals surface area contributed by atoms with Crippen LogP contribution in [0.1, 0.15) is 54.3 Å². The van der Waals surface area contributed by atoms with E-state index in [1.54, 1.807) is 30.3 Å². The van der Waals surface area contributed by atoms with E-state index in [9.17, 15) is 18.0 Å². The van der Waals surface area contributed by atoms with Crippen LogP contribution in [0.5, 0.6) is 5.75 Å². The van der Waals surface area contributed by atoms with Gasteiger partial charge < -0.3 is 24.3 Å². The summed E-state index contributed by atoms with van der Waals surface area (Å²) in [4.78, 5) is 23.5. The summed E-state index contributed by atoms with van der Waals surface area (Å²) in [5.41, 5.74) is 1.98. The first kappa shape index (κ1) is 25.2. The lowest BCUT2D eigenvalue weighted by Gasteiger charge is -2.28. The van der Waals surface area contributed by atoms with Gasteiger partial charge in [-0.15, -0.1) is 5.10 Å². The predicted molar refractivity (Wildman–Crippen MR) is 131 cm³/mol. The Hall–Kier alpha value is -3.93. The van der Waals surface area contributed by atoms with Crippen molar-refractivity contribution in [2.75, 3.05) is 16.9 Å². The molecule has 11 nitrogen and oxygen atoms in total. The number of anilines is 3. The molecule has 0 aliphatic heterocycles. The van der Waals surface area contributed by atoms with Gasteiger partial charge in [-0.25, -0.2) is 0 Å². The van der Waals surface area contributed by atoms with Crippen LogP contribution in [0.15, 0.2) is 52.9 Å². The Balaban J connectivity index is 1.34. The standard InChI is InChI=1S/C24H26N4O7S/c1-36(32,33)35-20-5-3-2-4-19(20)26-24-28-27-23(34-24)22(31)25-18-12-10-17(11-13-18)16-8-6-15(7-9-16)14-21(29)30/h2-5,10-13,15-16H,6-9,14H2,1H3,(H,25,31)(H,26,28)(H,29,30). The van der Waals surface area contributed by atoms with Gasteiger partial charge in [0.2, 0.25) is 0 Å². The summed E-state index contributed by atoms with van der Waals surface area (Å²) >= 11 is 0. The first-order chi connectivity index (χ1) is 17.2. The van der Waals surface area contributed by atoms with Crippen molar-refractivity contribution in [2.24, 2.45) is 5.92 Å². The van der Waals surface area contributed by atoms with Crippen LogP contribution in [-0.2, 0) is 14.9 Å². The van der Waals surface area contributed by atoms with Crippen molar-refractivity contribution in [2.45, 2.75) is 38.0 Å². The van der Waals surface area contributed by atoms with E-state index >= 15 is 0 Å². The number of rotatable bonds is 9. The van der Waals surface area contributed by atoms with Crippen LogP contribution in [0.3, 0.4) is 0 Å². The molecule has 1 aliphatic carbocycles. The summed E-state index contributed by atoms with van der Waals surface area (Å²) in [6.45, 7) is 0. The second-order valence-corrected chi connectivity index (χ2v) is 10.3. The molecule has 3 N–H and O–H groups in total. The van der Waals surface area contributed by atoms with Gasteiger partial charge in [0, 0.05) is 12.1 Å². The molecule has 36 heavy (non-hydrogen) atoms. The van der Waals surface area contributed by atoms with Crippen LogP contribution < -0.4 is 14.8 Å². The van der Waals surface area contributed by atoms with E-state index in [0.717, 1.165) is 37.5 Å². The number of aliphatic carboxylic acids is 1. The maximum atomic E-state index is 12.6. The third-order valence-electron chi connectivity index (χ3n) is 5.94. The molecule has 1 fully saturated rings. The van der Waals surface area contributed by atoms with Gasteiger partial charge in [-0.3, -0.25) is 9.59 Å². The molecule has 3 aromatic rings. The van der Waals surface area contributed by atoms with Gasteiger partial charge in [-0.05, 0) is 67.3 Å².